The minimum atomic E-state index is -2.78. The fraction of sp³-hybridized carbons (Fsp3) is 0.286. The highest BCUT2D eigenvalue weighted by Gasteiger charge is 2.26. The van der Waals surface area contributed by atoms with Gasteiger partial charge in [-0.15, -0.1) is 0 Å². The van der Waals surface area contributed by atoms with Crippen LogP contribution in [0.25, 0.3) is 11.4 Å². The van der Waals surface area contributed by atoms with Crippen LogP contribution < -0.4 is 0 Å². The number of benzene rings is 2. The van der Waals surface area contributed by atoms with Gasteiger partial charge in [-0.1, -0.05) is 47.6 Å². The molecule has 1 unspecified atom stereocenters. The van der Waals surface area contributed by atoms with Crippen LogP contribution in [0.4, 0.5) is 8.78 Å². The molecule has 1 heterocycles. The maximum absolute atomic E-state index is 12.6. The molecule has 4 nitrogen and oxygen atoms in total. The molecule has 1 aromatic heterocycles. The molecule has 1 aliphatic rings. The van der Waals surface area contributed by atoms with E-state index in [1.165, 1.54) is 0 Å². The number of fused-ring (bicyclic) bond motifs is 1. The zero-order valence-electron chi connectivity index (χ0n) is 14.6. The monoisotopic (exact) mass is 368 g/mol. The molecule has 0 N–H and O–H groups in total. The van der Waals surface area contributed by atoms with Gasteiger partial charge in [0.2, 0.25) is 5.82 Å². The van der Waals surface area contributed by atoms with Crippen LogP contribution >= 0.6 is 0 Å². The Bertz CT molecular complexity index is 954. The molecule has 0 fully saturated rings. The summed E-state index contributed by atoms with van der Waals surface area (Å²) in [5, 5.41) is 3.63. The number of Topliss-reactive ketones (excluding diaryl/α,β-unsaturated/α-hetero) is 1. The summed E-state index contributed by atoms with van der Waals surface area (Å²) in [5.74, 6) is -0.0818. The van der Waals surface area contributed by atoms with E-state index < -0.39 is 12.3 Å². The first-order valence-electron chi connectivity index (χ1n) is 8.90. The van der Waals surface area contributed by atoms with Crippen molar-refractivity contribution in [1.29, 1.82) is 0 Å². The van der Waals surface area contributed by atoms with E-state index in [4.69, 9.17) is 0 Å². The van der Waals surface area contributed by atoms with E-state index in [0.717, 1.165) is 29.5 Å². The highest BCUT2D eigenvalue weighted by molar-refractivity contribution is 5.82. The summed E-state index contributed by atoms with van der Waals surface area (Å²) in [6, 6.07) is 15.4. The molecule has 0 saturated carbocycles. The van der Waals surface area contributed by atoms with Crippen molar-refractivity contribution in [3.8, 4) is 11.4 Å². The third-order valence-corrected chi connectivity index (χ3v) is 4.95. The second-order valence-corrected chi connectivity index (χ2v) is 6.81. The normalized spacial score (nSPS) is 15.9. The summed E-state index contributed by atoms with van der Waals surface area (Å²) in [5.41, 5.74) is 3.95. The van der Waals surface area contributed by atoms with Gasteiger partial charge >= 0.3 is 6.43 Å². The first-order chi connectivity index (χ1) is 13.1. The second-order valence-electron chi connectivity index (χ2n) is 6.81. The number of halogens is 2. The van der Waals surface area contributed by atoms with Gasteiger partial charge in [0.05, 0.1) is 0 Å². The molecule has 0 aliphatic heterocycles. The van der Waals surface area contributed by atoms with E-state index in [2.05, 4.69) is 14.7 Å². The lowest BCUT2D eigenvalue weighted by molar-refractivity contribution is -0.118. The molecule has 0 radical (unpaired) electrons. The van der Waals surface area contributed by atoms with Crippen LogP contribution in [0.5, 0.6) is 0 Å². The molecule has 1 aliphatic carbocycles. The van der Waals surface area contributed by atoms with Crippen molar-refractivity contribution in [1.82, 2.24) is 10.1 Å². The van der Waals surface area contributed by atoms with Crippen LogP contribution in [-0.2, 0) is 17.6 Å². The highest BCUT2D eigenvalue weighted by atomic mass is 19.3. The third kappa shape index (κ3) is 3.79. The number of aromatic nitrogens is 2. The number of hydrogen-bond donors (Lipinski definition) is 0. The molecule has 2 aromatic carbocycles. The number of ketones is 1. The van der Waals surface area contributed by atoms with Crippen molar-refractivity contribution in [2.75, 3.05) is 0 Å². The van der Waals surface area contributed by atoms with Gasteiger partial charge in [0.15, 0.2) is 0 Å². The molecule has 3 aromatic rings. The van der Waals surface area contributed by atoms with E-state index in [-0.39, 0.29) is 17.5 Å². The number of alkyl halides is 2. The topological polar surface area (TPSA) is 56.0 Å². The van der Waals surface area contributed by atoms with Gasteiger partial charge in [-0.3, -0.25) is 4.79 Å². The average Bonchev–Trinajstić information content (AvgIpc) is 3.30. The van der Waals surface area contributed by atoms with E-state index in [9.17, 15) is 13.6 Å². The van der Waals surface area contributed by atoms with Crippen molar-refractivity contribution in [3.05, 3.63) is 71.1 Å². The zero-order valence-corrected chi connectivity index (χ0v) is 14.6. The quantitative estimate of drug-likeness (QED) is 0.621. The lowest BCUT2D eigenvalue weighted by atomic mass is 9.93. The number of nitrogens with zero attached hydrogens (tertiary/aromatic N) is 2. The smallest absolute Gasteiger partial charge is 0.315 e. The van der Waals surface area contributed by atoms with Crippen molar-refractivity contribution < 1.29 is 18.1 Å². The summed E-state index contributed by atoms with van der Waals surface area (Å²) < 4.78 is 29.8. The maximum atomic E-state index is 12.6. The largest absolute Gasteiger partial charge is 0.333 e. The third-order valence-electron chi connectivity index (χ3n) is 4.95. The van der Waals surface area contributed by atoms with Gasteiger partial charge in [-0.2, -0.15) is 13.8 Å². The first kappa shape index (κ1) is 17.5. The first-order valence-corrected chi connectivity index (χ1v) is 8.90. The lowest BCUT2D eigenvalue weighted by Gasteiger charge is -2.11. The van der Waals surface area contributed by atoms with Gasteiger partial charge in [-0.25, -0.2) is 0 Å². The van der Waals surface area contributed by atoms with Crippen molar-refractivity contribution in [3.63, 3.8) is 0 Å². The van der Waals surface area contributed by atoms with E-state index in [1.54, 1.807) is 6.07 Å². The Balaban J connectivity index is 1.47. The molecular weight excluding hydrogens is 350 g/mol. The molecule has 138 valence electrons. The minimum Gasteiger partial charge on any atom is -0.333 e. The summed E-state index contributed by atoms with van der Waals surface area (Å²) in [7, 11) is 0. The Labute approximate surface area is 155 Å². The molecule has 4 rings (SSSR count). The van der Waals surface area contributed by atoms with Gasteiger partial charge in [0, 0.05) is 18.4 Å². The Hall–Kier alpha value is -2.89. The van der Waals surface area contributed by atoms with Crippen LogP contribution in [0.2, 0.25) is 0 Å². The highest BCUT2D eigenvalue weighted by Crippen LogP contribution is 2.37. The molecule has 0 spiro atoms. The fourth-order valence-corrected chi connectivity index (χ4v) is 3.67. The predicted molar refractivity (Wildman–Crippen MR) is 95.5 cm³/mol. The van der Waals surface area contributed by atoms with Crippen LogP contribution in [-0.4, -0.2) is 15.9 Å². The number of aryl methyl sites for hydroxylation is 1. The van der Waals surface area contributed by atoms with Crippen LogP contribution in [0.15, 0.2) is 53.1 Å². The summed E-state index contributed by atoms with van der Waals surface area (Å²) >= 11 is 0. The Morgan fingerprint density at radius 1 is 1.19 bits per heavy atom. The Morgan fingerprint density at radius 2 is 2.00 bits per heavy atom. The SMILES string of the molecule is O=C(Cc1ccccc1)CC1CCc2cc(-c3noc(C(F)F)n3)ccc21. The molecule has 27 heavy (non-hydrogen) atoms. The predicted octanol–water partition coefficient (Wildman–Crippen LogP) is 4.91. The molecule has 0 saturated heterocycles. The van der Waals surface area contributed by atoms with Crippen molar-refractivity contribution in [2.45, 2.75) is 38.0 Å². The van der Waals surface area contributed by atoms with Gasteiger partial charge in [0.25, 0.3) is 5.89 Å². The number of hydrogen-bond acceptors (Lipinski definition) is 4. The fourth-order valence-electron chi connectivity index (χ4n) is 3.67. The van der Waals surface area contributed by atoms with Gasteiger partial charge in [-0.05, 0) is 41.5 Å². The standard InChI is InChI=1S/C21H18F2N2O2/c22-19(23)21-24-20(25-27-21)16-8-9-18-14(11-16)6-7-15(18)12-17(26)10-13-4-2-1-3-5-13/h1-5,8-9,11,15,19H,6-7,10,12H2. The van der Waals surface area contributed by atoms with Crippen LogP contribution in [0.3, 0.4) is 0 Å². The van der Waals surface area contributed by atoms with Crippen LogP contribution in [0.1, 0.15) is 47.8 Å². The van der Waals surface area contributed by atoms with E-state index in [0.29, 0.717) is 18.4 Å². The molecular formula is C21H18F2N2O2. The van der Waals surface area contributed by atoms with E-state index >= 15 is 0 Å². The van der Waals surface area contributed by atoms with Gasteiger partial charge in [0.1, 0.15) is 5.78 Å². The lowest BCUT2D eigenvalue weighted by Crippen LogP contribution is -2.07. The van der Waals surface area contributed by atoms with Crippen LogP contribution in [0, 0.1) is 0 Å². The number of carbonyl (C=O) groups is 1. The molecule has 6 heteroatoms. The molecule has 0 amide bonds. The number of rotatable bonds is 6. The maximum Gasteiger partial charge on any atom is 0.315 e. The van der Waals surface area contributed by atoms with Crippen molar-refractivity contribution in [2.24, 2.45) is 0 Å². The summed E-state index contributed by atoms with van der Waals surface area (Å²) in [6.45, 7) is 0. The van der Waals surface area contributed by atoms with E-state index in [1.807, 2.05) is 42.5 Å². The minimum absolute atomic E-state index is 0.164. The summed E-state index contributed by atoms with van der Waals surface area (Å²) in [6.07, 6.45) is -0.0521. The summed E-state index contributed by atoms with van der Waals surface area (Å²) in [4.78, 5) is 16.2. The second kappa shape index (κ2) is 7.39. The molecule has 0 bridgehead atoms. The van der Waals surface area contributed by atoms with Gasteiger partial charge < -0.3 is 4.52 Å². The average molecular weight is 368 g/mol. The van der Waals surface area contributed by atoms with Crippen molar-refractivity contribution >= 4 is 5.78 Å². The zero-order chi connectivity index (χ0) is 18.8. The Morgan fingerprint density at radius 3 is 2.74 bits per heavy atom. The number of carbonyl (C=O) groups excluding carboxylic acids is 1. The molecule has 1 atom stereocenters. The Kier molecular flexibility index (Phi) is 4.79.